The zero-order valence-electron chi connectivity index (χ0n) is 42.2. The number of hydrogen-bond donors (Lipinski definition) is 0. The number of quaternary nitrogens is 1. The van der Waals surface area contributed by atoms with E-state index in [0.29, 0.717) is 17.4 Å². The molecule has 9 nitrogen and oxygen atoms in total. The first-order chi connectivity index (χ1) is 31.0. The van der Waals surface area contributed by atoms with Gasteiger partial charge in [0.15, 0.2) is 6.10 Å². The van der Waals surface area contributed by atoms with Crippen molar-refractivity contribution in [3.63, 3.8) is 0 Å². The Hall–Kier alpha value is -2.03. The van der Waals surface area contributed by atoms with Gasteiger partial charge in [-0.15, -0.1) is 0 Å². The van der Waals surface area contributed by atoms with Crippen molar-refractivity contribution in [2.75, 3.05) is 47.5 Å². The van der Waals surface area contributed by atoms with Gasteiger partial charge < -0.3 is 27.9 Å². The summed E-state index contributed by atoms with van der Waals surface area (Å²) in [6, 6.07) is 0. The normalized spacial score (nSPS) is 13.8. The third kappa shape index (κ3) is 49.4. The molecular weight excluding hydrogens is 822 g/mol. The minimum Gasteiger partial charge on any atom is -0.756 e. The van der Waals surface area contributed by atoms with Crippen LogP contribution in [0.1, 0.15) is 232 Å². The maximum Gasteiger partial charge on any atom is 0.306 e. The molecule has 0 radical (unpaired) electrons. The van der Waals surface area contributed by atoms with Crippen molar-refractivity contribution < 1.29 is 42.1 Å². The third-order valence-electron chi connectivity index (χ3n) is 11.3. The van der Waals surface area contributed by atoms with Gasteiger partial charge in [0.2, 0.25) is 0 Å². The van der Waals surface area contributed by atoms with Gasteiger partial charge in [0.1, 0.15) is 19.8 Å². The molecule has 10 heteroatoms. The molecule has 0 heterocycles. The molecule has 0 bridgehead atoms. The van der Waals surface area contributed by atoms with E-state index in [0.717, 1.165) is 64.2 Å². The van der Waals surface area contributed by atoms with Crippen molar-refractivity contribution in [3.05, 3.63) is 48.6 Å². The van der Waals surface area contributed by atoms with Gasteiger partial charge in [-0.25, -0.2) is 0 Å². The van der Waals surface area contributed by atoms with E-state index in [9.17, 15) is 19.0 Å². The number of likely N-dealkylation sites (N-methyl/N-ethyl adjacent to an activating group) is 1. The van der Waals surface area contributed by atoms with Crippen LogP contribution in [0.4, 0.5) is 0 Å². The highest BCUT2D eigenvalue weighted by Gasteiger charge is 2.21. The number of rotatable bonds is 48. The van der Waals surface area contributed by atoms with Crippen molar-refractivity contribution in [3.8, 4) is 0 Å². The Balaban J connectivity index is 4.23. The van der Waals surface area contributed by atoms with Crippen LogP contribution in [-0.4, -0.2) is 70.0 Å². The summed E-state index contributed by atoms with van der Waals surface area (Å²) in [5.41, 5.74) is 0. The molecule has 2 unspecified atom stereocenters. The van der Waals surface area contributed by atoms with E-state index in [4.69, 9.17) is 18.5 Å². The minimum absolute atomic E-state index is 0.0333. The van der Waals surface area contributed by atoms with Crippen molar-refractivity contribution >= 4 is 19.8 Å². The van der Waals surface area contributed by atoms with Crippen LogP contribution >= 0.6 is 7.82 Å². The van der Waals surface area contributed by atoms with Gasteiger partial charge in [-0.05, 0) is 77.0 Å². The van der Waals surface area contributed by atoms with Crippen LogP contribution in [0.25, 0.3) is 0 Å². The lowest BCUT2D eigenvalue weighted by molar-refractivity contribution is -0.870. The van der Waals surface area contributed by atoms with E-state index in [2.05, 4.69) is 62.5 Å². The molecule has 0 aliphatic heterocycles. The quantitative estimate of drug-likeness (QED) is 0.0195. The molecule has 0 saturated carbocycles. The van der Waals surface area contributed by atoms with Crippen LogP contribution in [0.15, 0.2) is 48.6 Å². The van der Waals surface area contributed by atoms with Crippen LogP contribution in [0.3, 0.4) is 0 Å². The van der Waals surface area contributed by atoms with Crippen molar-refractivity contribution in [2.24, 2.45) is 0 Å². The number of unbranched alkanes of at least 4 members (excludes halogenated alkanes) is 26. The first kappa shape index (κ1) is 62.0. The van der Waals surface area contributed by atoms with Gasteiger partial charge in [-0.1, -0.05) is 191 Å². The number of carbonyl (C=O) groups excluding carboxylic acids is 2. The lowest BCUT2D eigenvalue weighted by Crippen LogP contribution is -2.37. The number of phosphoric acid groups is 1. The molecule has 0 N–H and O–H groups in total. The monoisotopic (exact) mass is 922 g/mol. The van der Waals surface area contributed by atoms with Gasteiger partial charge >= 0.3 is 11.9 Å². The van der Waals surface area contributed by atoms with Gasteiger partial charge in [-0.2, -0.15) is 0 Å². The predicted molar refractivity (Wildman–Crippen MR) is 268 cm³/mol. The molecule has 374 valence electrons. The summed E-state index contributed by atoms with van der Waals surface area (Å²) in [4.78, 5) is 37.7. The summed E-state index contributed by atoms with van der Waals surface area (Å²) in [5.74, 6) is -0.841. The van der Waals surface area contributed by atoms with Crippen LogP contribution in [0, 0.1) is 0 Å². The molecule has 0 fully saturated rings. The molecule has 64 heavy (non-hydrogen) atoms. The average molecular weight is 922 g/mol. The Kier molecular flexibility index (Phi) is 44.6. The fraction of sp³-hybridized carbons (Fsp3) is 0.815. The second-order valence-corrected chi connectivity index (χ2v) is 20.3. The number of hydrogen-bond acceptors (Lipinski definition) is 8. The lowest BCUT2D eigenvalue weighted by atomic mass is 10.0. The molecule has 0 rings (SSSR count). The third-order valence-corrected chi connectivity index (χ3v) is 12.3. The molecule has 0 aromatic carbocycles. The Morgan fingerprint density at radius 3 is 1.27 bits per heavy atom. The largest absolute Gasteiger partial charge is 0.756 e. The highest BCUT2D eigenvalue weighted by molar-refractivity contribution is 7.45. The van der Waals surface area contributed by atoms with E-state index in [1.807, 2.05) is 21.1 Å². The molecule has 0 aromatic rings. The number of nitrogens with zero attached hydrogens (tertiary/aromatic N) is 1. The Morgan fingerprint density at radius 1 is 0.484 bits per heavy atom. The van der Waals surface area contributed by atoms with Gasteiger partial charge in [0.05, 0.1) is 27.7 Å². The molecular formula is C54H100NO8P. The summed E-state index contributed by atoms with van der Waals surface area (Å²) < 4.78 is 34.1. The first-order valence-electron chi connectivity index (χ1n) is 26.3. The topological polar surface area (TPSA) is 111 Å². The molecule has 0 saturated heterocycles. The van der Waals surface area contributed by atoms with E-state index in [1.54, 1.807) is 0 Å². The standard InChI is InChI=1S/C54H100NO8P/c1-6-8-10-12-14-16-18-20-22-24-25-26-27-28-29-31-33-35-37-39-41-43-45-47-54(57)63-52(51-62-64(58,59)61-49-48-55(3,4)5)50-60-53(56)46-44-42-40-38-36-34-32-30-23-21-19-17-15-13-11-9-7-2/h15,17-18,20-21,23-25,52H,6-14,16,19,22,26-51H2,1-5H3/b17-15-,20-18-,23-21-,25-24-. The number of phosphoric ester groups is 1. The molecule has 0 aromatic heterocycles. The maximum atomic E-state index is 12.8. The van der Waals surface area contributed by atoms with Gasteiger partial charge in [-0.3, -0.25) is 14.2 Å². The highest BCUT2D eigenvalue weighted by Crippen LogP contribution is 2.38. The van der Waals surface area contributed by atoms with Crippen LogP contribution in [0.5, 0.6) is 0 Å². The van der Waals surface area contributed by atoms with Crippen molar-refractivity contribution in [1.29, 1.82) is 0 Å². The summed E-state index contributed by atoms with van der Waals surface area (Å²) in [6.45, 7) is 4.20. The summed E-state index contributed by atoms with van der Waals surface area (Å²) in [6.07, 6.45) is 55.6. The zero-order valence-corrected chi connectivity index (χ0v) is 43.1. The Morgan fingerprint density at radius 2 is 0.844 bits per heavy atom. The maximum absolute atomic E-state index is 12.8. The Labute approximate surface area is 394 Å². The average Bonchev–Trinajstić information content (AvgIpc) is 3.25. The molecule has 0 aliphatic rings. The number of ether oxygens (including phenoxy) is 2. The lowest BCUT2D eigenvalue weighted by Gasteiger charge is -2.28. The first-order valence-corrected chi connectivity index (χ1v) is 27.8. The Bertz CT molecular complexity index is 1230. The van der Waals surface area contributed by atoms with Crippen LogP contribution < -0.4 is 4.89 Å². The SMILES string of the molecule is CCCCC/C=C\C/C=C\CCCCCCCCCC(=O)OCC(COP(=O)([O-])OCC[N+](C)(C)C)OC(=O)CCCCCCCCCCCCC/C=C\C/C=C\CCCCCCC. The van der Waals surface area contributed by atoms with E-state index in [-0.39, 0.29) is 26.1 Å². The summed E-state index contributed by atoms with van der Waals surface area (Å²) >= 11 is 0. The van der Waals surface area contributed by atoms with Crippen molar-refractivity contribution in [1.82, 2.24) is 0 Å². The smallest absolute Gasteiger partial charge is 0.306 e. The van der Waals surface area contributed by atoms with Crippen molar-refractivity contribution in [2.45, 2.75) is 238 Å². The number of esters is 2. The van der Waals surface area contributed by atoms with E-state index >= 15 is 0 Å². The predicted octanol–water partition coefficient (Wildman–Crippen LogP) is 15.2. The fourth-order valence-electron chi connectivity index (χ4n) is 7.19. The molecule has 0 spiro atoms. The van der Waals surface area contributed by atoms with Gasteiger partial charge in [0.25, 0.3) is 7.82 Å². The van der Waals surface area contributed by atoms with E-state index < -0.39 is 32.5 Å². The zero-order chi connectivity index (χ0) is 47.1. The molecule has 0 aliphatic carbocycles. The highest BCUT2D eigenvalue weighted by atomic mass is 31.2. The second-order valence-electron chi connectivity index (χ2n) is 18.9. The fourth-order valence-corrected chi connectivity index (χ4v) is 7.92. The molecule has 0 amide bonds. The number of allylic oxidation sites excluding steroid dienone is 8. The number of carbonyl (C=O) groups is 2. The summed E-state index contributed by atoms with van der Waals surface area (Å²) in [7, 11) is 1.16. The van der Waals surface area contributed by atoms with Crippen LogP contribution in [0.2, 0.25) is 0 Å². The van der Waals surface area contributed by atoms with E-state index in [1.165, 1.54) is 135 Å². The van der Waals surface area contributed by atoms with Crippen LogP contribution in [-0.2, 0) is 32.7 Å². The second kappa shape index (κ2) is 46.1. The minimum atomic E-state index is -4.63. The molecule has 2 atom stereocenters. The summed E-state index contributed by atoms with van der Waals surface area (Å²) in [5, 5.41) is 0. The van der Waals surface area contributed by atoms with Gasteiger partial charge in [0, 0.05) is 12.8 Å².